The van der Waals surface area contributed by atoms with Crippen molar-refractivity contribution >= 4 is 42.9 Å². The molecule has 2 N–H and O–H groups in total. The topological polar surface area (TPSA) is 246 Å². The quantitative estimate of drug-likeness (QED) is 0.100. The van der Waals surface area contributed by atoms with Gasteiger partial charge in [0.05, 0.1) is 11.8 Å². The minimum absolute atomic E-state index is 0.0633. The zero-order chi connectivity index (χ0) is 42.1. The number of nitriles is 1. The van der Waals surface area contributed by atoms with Crippen LogP contribution < -0.4 is 14.9 Å². The molecule has 1 fully saturated rings. The Morgan fingerprint density at radius 3 is 2.14 bits per heavy atom. The number of rotatable bonds is 19. The molecule has 1 aliphatic rings. The molecule has 20 nitrogen and oxygen atoms in total. The van der Waals surface area contributed by atoms with E-state index in [4.69, 9.17) is 42.2 Å². The number of fused-ring (bicyclic) bond motifs is 1. The number of aromatic nitrogens is 3. The number of anilines is 1. The third-order valence-corrected chi connectivity index (χ3v) is 10.3. The minimum atomic E-state index is -4.66. The Morgan fingerprint density at radius 1 is 0.912 bits per heavy atom. The van der Waals surface area contributed by atoms with Gasteiger partial charge in [-0.3, -0.25) is 14.1 Å². The van der Waals surface area contributed by atoms with Crippen molar-refractivity contribution in [3.63, 3.8) is 0 Å². The summed E-state index contributed by atoms with van der Waals surface area (Å²) < 4.78 is 66.4. The monoisotopic (exact) mass is 818 g/mol. The maximum atomic E-state index is 14.5. The molecule has 57 heavy (non-hydrogen) atoms. The maximum absolute atomic E-state index is 14.5. The van der Waals surface area contributed by atoms with E-state index in [1.54, 1.807) is 32.0 Å². The van der Waals surface area contributed by atoms with Crippen LogP contribution in [0, 0.1) is 11.3 Å². The number of nitrogens with one attached hydrogen (secondary N) is 2. The zero-order valence-corrected chi connectivity index (χ0v) is 33.8. The molecule has 1 saturated heterocycles. The van der Waals surface area contributed by atoms with Gasteiger partial charge in [-0.2, -0.15) is 15.4 Å². The van der Waals surface area contributed by atoms with E-state index in [0.717, 1.165) is 6.33 Å². The van der Waals surface area contributed by atoms with Crippen LogP contribution in [-0.2, 0) is 61.4 Å². The first-order valence-corrected chi connectivity index (χ1v) is 19.3. The van der Waals surface area contributed by atoms with Gasteiger partial charge in [-0.25, -0.2) is 23.7 Å². The van der Waals surface area contributed by atoms with Crippen molar-refractivity contribution in [1.29, 1.82) is 5.26 Å². The highest BCUT2D eigenvalue weighted by atomic mass is 31.2. The number of para-hydroxylation sites is 1. The number of benzene rings is 1. The minimum Gasteiger partial charge on any atom is -0.462 e. The highest BCUT2D eigenvalue weighted by molar-refractivity contribution is 7.52. The van der Waals surface area contributed by atoms with E-state index in [-0.39, 0.29) is 22.8 Å². The van der Waals surface area contributed by atoms with Crippen LogP contribution in [-0.4, -0.2) is 115 Å². The molecule has 0 radical (unpaired) electrons. The van der Waals surface area contributed by atoms with E-state index in [2.05, 4.69) is 20.5 Å². The van der Waals surface area contributed by atoms with Crippen LogP contribution in [0.1, 0.15) is 53.3 Å². The number of methoxy groups -OCH3 is 3. The van der Waals surface area contributed by atoms with Gasteiger partial charge in [-0.05, 0) is 65.8 Å². The molecule has 0 bridgehead atoms. The number of carbonyl (C=O) groups excluding carboxylic acids is 4. The van der Waals surface area contributed by atoms with Crippen molar-refractivity contribution in [1.82, 2.24) is 19.7 Å². The summed E-state index contributed by atoms with van der Waals surface area (Å²) in [5, 5.41) is 20.4. The second-order valence-electron chi connectivity index (χ2n) is 13.1. The van der Waals surface area contributed by atoms with Crippen LogP contribution >= 0.6 is 7.75 Å². The lowest BCUT2D eigenvalue weighted by atomic mass is 9.95. The van der Waals surface area contributed by atoms with Crippen LogP contribution in [0.4, 0.5) is 5.82 Å². The Kier molecular flexibility index (Phi) is 15.2. The summed E-state index contributed by atoms with van der Waals surface area (Å²) in [6, 6.07) is 11.6. The number of esters is 3. The van der Waals surface area contributed by atoms with Crippen molar-refractivity contribution in [2.75, 3.05) is 33.3 Å². The Hall–Kier alpha value is -5.00. The van der Waals surface area contributed by atoms with Gasteiger partial charge >= 0.3 is 25.7 Å². The first-order chi connectivity index (χ1) is 27.0. The summed E-state index contributed by atoms with van der Waals surface area (Å²) in [6.07, 6.45) is -7.44. The SMILES string of the molecule is COC(C)C(=O)O[C@H]1[C@H](c2ccc3c(NC(=O)[C@@H](C)OC)ncnn23)O[C@](C#N)(CO[P@@](=O)(N[C@@H](C)C(=O)OC(C)C)Oc2ccccc2)[C@H]1OC(=O)[C@@H](C)OC. The molecule has 0 saturated carbocycles. The predicted octanol–water partition coefficient (Wildman–Crippen LogP) is 3.06. The summed E-state index contributed by atoms with van der Waals surface area (Å²) in [5.74, 6) is -3.08. The molecule has 21 heteroatoms. The molecule has 3 aromatic rings. The first kappa shape index (κ1) is 44.7. The molecular formula is C36H47N6O14P. The number of carbonyl (C=O) groups is 4. The molecule has 2 aromatic heterocycles. The van der Waals surface area contributed by atoms with Crippen LogP contribution in [0.5, 0.6) is 5.75 Å². The summed E-state index contributed by atoms with van der Waals surface area (Å²) in [6.45, 7) is 8.00. The molecule has 1 amide bonds. The Morgan fingerprint density at radius 2 is 1.54 bits per heavy atom. The van der Waals surface area contributed by atoms with E-state index in [1.807, 2.05) is 6.07 Å². The normalized spacial score (nSPS) is 22.4. The molecule has 9 atom stereocenters. The Bertz CT molecular complexity index is 1970. The Labute approximate surface area is 328 Å². The van der Waals surface area contributed by atoms with Crippen LogP contribution in [0.3, 0.4) is 0 Å². The van der Waals surface area contributed by atoms with Gasteiger partial charge in [0.15, 0.2) is 30.2 Å². The largest absolute Gasteiger partial charge is 0.462 e. The predicted molar refractivity (Wildman–Crippen MR) is 197 cm³/mol. The molecule has 0 spiro atoms. The van der Waals surface area contributed by atoms with E-state index < -0.39 is 92.5 Å². The van der Waals surface area contributed by atoms with Crippen molar-refractivity contribution in [3.8, 4) is 11.8 Å². The smallest absolute Gasteiger partial charge is 0.459 e. The van der Waals surface area contributed by atoms with Gasteiger partial charge < -0.3 is 43.0 Å². The van der Waals surface area contributed by atoms with Gasteiger partial charge in [-0.1, -0.05) is 18.2 Å². The molecule has 1 aromatic carbocycles. The number of amides is 1. The fraction of sp³-hybridized carbons (Fsp3) is 0.528. The van der Waals surface area contributed by atoms with E-state index in [9.17, 15) is 29.0 Å². The molecule has 310 valence electrons. The van der Waals surface area contributed by atoms with Crippen LogP contribution in [0.25, 0.3) is 5.52 Å². The van der Waals surface area contributed by atoms with Crippen molar-refractivity contribution in [2.45, 2.75) is 95.9 Å². The average molecular weight is 819 g/mol. The first-order valence-electron chi connectivity index (χ1n) is 17.7. The van der Waals surface area contributed by atoms with Crippen molar-refractivity contribution < 1.29 is 65.9 Å². The Balaban J connectivity index is 1.85. The number of nitrogens with zero attached hydrogens (tertiary/aromatic N) is 4. The fourth-order valence-electron chi connectivity index (χ4n) is 5.29. The highest BCUT2D eigenvalue weighted by Crippen LogP contribution is 2.50. The lowest BCUT2D eigenvalue weighted by Gasteiger charge is -2.31. The van der Waals surface area contributed by atoms with E-state index in [1.165, 1.54) is 77.8 Å². The van der Waals surface area contributed by atoms with Crippen molar-refractivity contribution in [3.05, 3.63) is 54.5 Å². The molecule has 3 heterocycles. The summed E-state index contributed by atoms with van der Waals surface area (Å²) in [5.41, 5.74) is -2.03. The van der Waals surface area contributed by atoms with Crippen molar-refractivity contribution in [2.24, 2.45) is 0 Å². The molecule has 4 rings (SSSR count). The van der Waals surface area contributed by atoms with E-state index in [0.29, 0.717) is 0 Å². The molecule has 0 aliphatic carbocycles. The third kappa shape index (κ3) is 10.7. The third-order valence-electron chi connectivity index (χ3n) is 8.66. The average Bonchev–Trinajstić information content (AvgIpc) is 3.75. The van der Waals surface area contributed by atoms with Gasteiger partial charge in [-0.15, -0.1) is 0 Å². The number of hydrogen-bond donors (Lipinski definition) is 2. The van der Waals surface area contributed by atoms with Gasteiger partial charge in [0.2, 0.25) is 5.60 Å². The number of ether oxygens (including phenoxy) is 7. The maximum Gasteiger partial charge on any atom is 0.459 e. The van der Waals surface area contributed by atoms with Crippen LogP contribution in [0.2, 0.25) is 0 Å². The summed E-state index contributed by atoms with van der Waals surface area (Å²) >= 11 is 0. The summed E-state index contributed by atoms with van der Waals surface area (Å²) in [7, 11) is -0.769. The fourth-order valence-corrected chi connectivity index (χ4v) is 6.81. The second kappa shape index (κ2) is 19.4. The van der Waals surface area contributed by atoms with Gasteiger partial charge in [0.25, 0.3) is 5.91 Å². The second-order valence-corrected chi connectivity index (χ2v) is 14.8. The lowest BCUT2D eigenvalue weighted by Crippen LogP contribution is -2.51. The zero-order valence-electron chi connectivity index (χ0n) is 32.9. The van der Waals surface area contributed by atoms with E-state index >= 15 is 0 Å². The summed E-state index contributed by atoms with van der Waals surface area (Å²) in [4.78, 5) is 56.5. The molecular weight excluding hydrogens is 771 g/mol. The standard InChI is InChI=1S/C36H47N6O14P/c1-20(2)52-33(44)21(3)41-57(47,56-25-13-11-10-12-14-25)51-18-36(17-37)30(54-35(46)24(6)50-9)29(53-34(45)23(5)49-8)28(55-36)26-15-16-27-31(38-19-39-42(26)27)40-32(43)22(4)48-7/h10-16,19-24,28-30H,18H2,1-9H3,(H,41,47)(H,38,39,40,43)/t21-,22+,23?,24+,28-,29-,30-,36+,57-/m0/s1. The van der Waals surface area contributed by atoms with Crippen LogP contribution in [0.15, 0.2) is 48.8 Å². The van der Waals surface area contributed by atoms with Gasteiger partial charge in [0.1, 0.15) is 48.5 Å². The lowest BCUT2D eigenvalue weighted by molar-refractivity contribution is -0.180. The van der Waals surface area contributed by atoms with Gasteiger partial charge in [0, 0.05) is 21.3 Å². The highest BCUT2D eigenvalue weighted by Gasteiger charge is 2.62. The molecule has 1 unspecified atom stereocenters. The number of hydrogen-bond acceptors (Lipinski definition) is 17. The molecule has 1 aliphatic heterocycles.